The number of carbonyl (C=O) groups is 1. The Morgan fingerprint density at radius 2 is 1.96 bits per heavy atom. The van der Waals surface area contributed by atoms with Crippen LogP contribution in [0, 0.1) is 0 Å². The summed E-state index contributed by atoms with van der Waals surface area (Å²) in [7, 11) is 2.14. The van der Waals surface area contributed by atoms with Gasteiger partial charge in [0.15, 0.2) is 0 Å². The number of nitrogens with zero attached hydrogens (tertiary/aromatic N) is 2. The Morgan fingerprint density at radius 1 is 1.23 bits per heavy atom. The molecule has 2 amide bonds. The number of rotatable bonds is 4. The molecule has 26 heavy (non-hydrogen) atoms. The van der Waals surface area contributed by atoms with Crippen molar-refractivity contribution in [2.24, 2.45) is 0 Å². The number of urea groups is 1. The summed E-state index contributed by atoms with van der Waals surface area (Å²) in [6, 6.07) is 6.81. The first-order valence-corrected chi connectivity index (χ1v) is 9.55. The summed E-state index contributed by atoms with van der Waals surface area (Å²) in [6.45, 7) is 10.9. The molecule has 0 saturated carbocycles. The maximum Gasteiger partial charge on any atom is 0.315 e. The Bertz CT molecular complexity index is 635. The van der Waals surface area contributed by atoms with E-state index in [0.717, 1.165) is 39.3 Å². The van der Waals surface area contributed by atoms with Gasteiger partial charge in [-0.05, 0) is 44.4 Å². The number of morpholine rings is 1. The van der Waals surface area contributed by atoms with Crippen molar-refractivity contribution in [1.29, 1.82) is 0 Å². The fourth-order valence-corrected chi connectivity index (χ4v) is 3.72. The van der Waals surface area contributed by atoms with Crippen LogP contribution >= 0.6 is 0 Å². The quantitative estimate of drug-likeness (QED) is 0.864. The van der Waals surface area contributed by atoms with Crippen molar-refractivity contribution in [3.05, 3.63) is 29.3 Å². The highest BCUT2D eigenvalue weighted by Gasteiger charge is 2.26. The highest BCUT2D eigenvalue weighted by Crippen LogP contribution is 2.31. The minimum Gasteiger partial charge on any atom is -0.379 e. The number of amides is 2. The SMILES string of the molecule is CN1CCc2cc([C@@H](CNC(=O)NC(C)(C)C)N3CCOCC3)ccc21. The summed E-state index contributed by atoms with van der Waals surface area (Å²) >= 11 is 0. The molecule has 6 heteroatoms. The second kappa shape index (κ2) is 7.84. The molecule has 1 aromatic carbocycles. The van der Waals surface area contributed by atoms with Crippen LogP contribution in [-0.4, -0.2) is 62.9 Å². The van der Waals surface area contributed by atoms with Gasteiger partial charge in [-0.3, -0.25) is 4.90 Å². The van der Waals surface area contributed by atoms with Crippen molar-refractivity contribution in [3.8, 4) is 0 Å². The third-order valence-electron chi connectivity index (χ3n) is 5.05. The molecule has 2 N–H and O–H groups in total. The van der Waals surface area contributed by atoms with Gasteiger partial charge in [-0.2, -0.15) is 0 Å². The van der Waals surface area contributed by atoms with E-state index in [4.69, 9.17) is 4.74 Å². The normalized spacial score (nSPS) is 19.2. The summed E-state index contributed by atoms with van der Waals surface area (Å²) in [5.74, 6) is 0. The van der Waals surface area contributed by atoms with Crippen LogP contribution in [0.15, 0.2) is 18.2 Å². The van der Waals surface area contributed by atoms with E-state index >= 15 is 0 Å². The second-order valence-corrected chi connectivity index (χ2v) is 8.31. The molecule has 0 aromatic heterocycles. The lowest BCUT2D eigenvalue weighted by atomic mass is 10.0. The van der Waals surface area contributed by atoms with Gasteiger partial charge in [0.25, 0.3) is 0 Å². The first-order valence-electron chi connectivity index (χ1n) is 9.55. The highest BCUT2D eigenvalue weighted by molar-refractivity contribution is 5.74. The van der Waals surface area contributed by atoms with Gasteiger partial charge in [-0.1, -0.05) is 12.1 Å². The van der Waals surface area contributed by atoms with E-state index in [-0.39, 0.29) is 17.6 Å². The molecular weight excluding hydrogens is 328 g/mol. The monoisotopic (exact) mass is 360 g/mol. The third-order valence-corrected chi connectivity index (χ3v) is 5.05. The number of carbonyl (C=O) groups excluding carboxylic acids is 1. The zero-order chi connectivity index (χ0) is 18.7. The maximum absolute atomic E-state index is 12.2. The van der Waals surface area contributed by atoms with Crippen LogP contribution in [0.2, 0.25) is 0 Å². The highest BCUT2D eigenvalue weighted by atomic mass is 16.5. The molecule has 144 valence electrons. The number of nitrogens with one attached hydrogen (secondary N) is 2. The molecule has 2 aliphatic rings. The molecule has 1 aromatic rings. The first kappa shape index (κ1) is 19.0. The van der Waals surface area contributed by atoms with Crippen LogP contribution in [0.25, 0.3) is 0 Å². The van der Waals surface area contributed by atoms with Crippen LogP contribution in [0.3, 0.4) is 0 Å². The lowest BCUT2D eigenvalue weighted by molar-refractivity contribution is 0.0166. The van der Waals surface area contributed by atoms with Crippen molar-refractivity contribution < 1.29 is 9.53 Å². The number of fused-ring (bicyclic) bond motifs is 1. The molecule has 0 bridgehead atoms. The van der Waals surface area contributed by atoms with Gasteiger partial charge in [0, 0.05) is 44.5 Å². The van der Waals surface area contributed by atoms with Crippen LogP contribution in [0.4, 0.5) is 10.5 Å². The third kappa shape index (κ3) is 4.68. The molecule has 3 rings (SSSR count). The number of anilines is 1. The summed E-state index contributed by atoms with van der Waals surface area (Å²) in [4.78, 5) is 17.0. The topological polar surface area (TPSA) is 56.8 Å². The number of hydrogen-bond acceptors (Lipinski definition) is 4. The van der Waals surface area contributed by atoms with E-state index in [2.05, 4.69) is 45.7 Å². The molecular formula is C20H32N4O2. The van der Waals surface area contributed by atoms with Crippen LogP contribution in [-0.2, 0) is 11.2 Å². The van der Waals surface area contributed by atoms with Gasteiger partial charge in [0.1, 0.15) is 0 Å². The first-order chi connectivity index (χ1) is 12.3. The van der Waals surface area contributed by atoms with Crippen molar-refractivity contribution in [3.63, 3.8) is 0 Å². The molecule has 0 radical (unpaired) electrons. The Labute approximate surface area is 156 Å². The molecule has 2 aliphatic heterocycles. The molecule has 1 fully saturated rings. The number of hydrogen-bond donors (Lipinski definition) is 2. The van der Waals surface area contributed by atoms with Gasteiger partial charge >= 0.3 is 6.03 Å². The van der Waals surface area contributed by atoms with E-state index in [1.165, 1.54) is 16.8 Å². The van der Waals surface area contributed by atoms with Gasteiger partial charge in [0.05, 0.1) is 19.3 Å². The van der Waals surface area contributed by atoms with E-state index in [9.17, 15) is 4.79 Å². The predicted octanol–water partition coefficient (Wildman–Crippen LogP) is 2.15. The molecule has 2 heterocycles. The predicted molar refractivity (Wildman–Crippen MR) is 105 cm³/mol. The van der Waals surface area contributed by atoms with E-state index in [1.54, 1.807) is 0 Å². The molecule has 1 saturated heterocycles. The number of likely N-dealkylation sites (N-methyl/N-ethyl adjacent to an activating group) is 1. The summed E-state index contributed by atoms with van der Waals surface area (Å²) in [6.07, 6.45) is 1.09. The maximum atomic E-state index is 12.2. The van der Waals surface area contributed by atoms with Crippen LogP contribution < -0.4 is 15.5 Å². The molecule has 0 unspecified atom stereocenters. The molecule has 6 nitrogen and oxygen atoms in total. The average Bonchev–Trinajstić information content (AvgIpc) is 2.95. The van der Waals surface area contributed by atoms with Crippen molar-refractivity contribution in [2.75, 3.05) is 51.3 Å². The van der Waals surface area contributed by atoms with Gasteiger partial charge in [-0.25, -0.2) is 4.79 Å². The van der Waals surface area contributed by atoms with Crippen molar-refractivity contribution in [1.82, 2.24) is 15.5 Å². The molecule has 1 atom stereocenters. The Kier molecular flexibility index (Phi) is 5.73. The summed E-state index contributed by atoms with van der Waals surface area (Å²) < 4.78 is 5.52. The minimum atomic E-state index is -0.239. The largest absolute Gasteiger partial charge is 0.379 e. The number of ether oxygens (including phenoxy) is 1. The zero-order valence-electron chi connectivity index (χ0n) is 16.5. The number of benzene rings is 1. The fourth-order valence-electron chi connectivity index (χ4n) is 3.72. The smallest absolute Gasteiger partial charge is 0.315 e. The van der Waals surface area contributed by atoms with Crippen molar-refractivity contribution in [2.45, 2.75) is 38.8 Å². The van der Waals surface area contributed by atoms with Gasteiger partial charge in [0.2, 0.25) is 0 Å². The van der Waals surface area contributed by atoms with Gasteiger partial charge in [-0.15, -0.1) is 0 Å². The van der Waals surface area contributed by atoms with Crippen molar-refractivity contribution >= 4 is 11.7 Å². The lowest BCUT2D eigenvalue weighted by Gasteiger charge is -2.35. The Morgan fingerprint density at radius 3 is 2.65 bits per heavy atom. The Balaban J connectivity index is 1.74. The minimum absolute atomic E-state index is 0.114. The van der Waals surface area contributed by atoms with Crippen LogP contribution in [0.1, 0.15) is 37.9 Å². The lowest BCUT2D eigenvalue weighted by Crippen LogP contribution is -2.49. The summed E-state index contributed by atoms with van der Waals surface area (Å²) in [5.41, 5.74) is 3.77. The fraction of sp³-hybridized carbons (Fsp3) is 0.650. The van der Waals surface area contributed by atoms with Crippen LogP contribution in [0.5, 0.6) is 0 Å². The van der Waals surface area contributed by atoms with E-state index < -0.39 is 0 Å². The molecule has 0 spiro atoms. The van der Waals surface area contributed by atoms with E-state index in [0.29, 0.717) is 6.54 Å². The molecule has 0 aliphatic carbocycles. The average molecular weight is 361 g/mol. The zero-order valence-corrected chi connectivity index (χ0v) is 16.5. The van der Waals surface area contributed by atoms with E-state index in [1.807, 2.05) is 20.8 Å². The Hall–Kier alpha value is -1.79. The second-order valence-electron chi connectivity index (χ2n) is 8.31. The van der Waals surface area contributed by atoms with Gasteiger partial charge < -0.3 is 20.3 Å². The standard InChI is InChI=1S/C20H32N4O2/c1-20(2,3)22-19(25)21-14-18(24-9-11-26-12-10-24)15-5-6-17-16(13-15)7-8-23(17)4/h5-6,13,18H,7-12,14H2,1-4H3,(H2,21,22,25)/t18-/m1/s1. The summed E-state index contributed by atoms with van der Waals surface area (Å²) in [5, 5.41) is 6.05.